The summed E-state index contributed by atoms with van der Waals surface area (Å²) in [5, 5.41) is 9.28. The molecule has 22 heavy (non-hydrogen) atoms. The van der Waals surface area contributed by atoms with Crippen LogP contribution in [-0.2, 0) is 19.6 Å². The van der Waals surface area contributed by atoms with Gasteiger partial charge in [-0.3, -0.25) is 13.9 Å². The van der Waals surface area contributed by atoms with Crippen molar-refractivity contribution in [2.24, 2.45) is 0 Å². The Morgan fingerprint density at radius 2 is 1.91 bits per heavy atom. The Morgan fingerprint density at radius 1 is 1.18 bits per heavy atom. The summed E-state index contributed by atoms with van der Waals surface area (Å²) in [4.78, 5) is 29.3. The number of rotatable bonds is 7. The van der Waals surface area contributed by atoms with Gasteiger partial charge in [-0.2, -0.15) is 0 Å². The summed E-state index contributed by atoms with van der Waals surface area (Å²) in [6.07, 6.45) is 3.39. The third-order valence-corrected chi connectivity index (χ3v) is 3.89. The summed E-state index contributed by atoms with van der Waals surface area (Å²) in [6, 6.07) is 0. The van der Waals surface area contributed by atoms with E-state index in [4.69, 9.17) is 0 Å². The highest BCUT2D eigenvalue weighted by Gasteiger charge is 2.16. The molecule has 122 valence electrons. The molecular weight excluding hydrogens is 284 g/mol. The molecule has 2 heterocycles. The van der Waals surface area contributed by atoms with Crippen molar-refractivity contribution >= 4 is 11.2 Å². The third kappa shape index (κ3) is 2.99. The highest BCUT2D eigenvalue weighted by Crippen LogP contribution is 2.07. The first kappa shape index (κ1) is 16.5. The minimum atomic E-state index is -0.354. The van der Waals surface area contributed by atoms with E-state index in [9.17, 15) is 14.7 Å². The summed E-state index contributed by atoms with van der Waals surface area (Å²) < 4.78 is 4.61. The summed E-state index contributed by atoms with van der Waals surface area (Å²) in [5.74, 6) is 0. The van der Waals surface area contributed by atoms with Crippen molar-refractivity contribution in [1.29, 1.82) is 0 Å². The fourth-order valence-corrected chi connectivity index (χ4v) is 2.67. The average molecular weight is 308 g/mol. The fourth-order valence-electron chi connectivity index (χ4n) is 2.67. The fraction of sp³-hybridized carbons (Fsp3) is 0.667. The molecule has 0 bridgehead atoms. The second kappa shape index (κ2) is 6.91. The van der Waals surface area contributed by atoms with E-state index in [2.05, 4.69) is 4.98 Å². The summed E-state index contributed by atoms with van der Waals surface area (Å²) in [7, 11) is 0. The molecule has 0 amide bonds. The molecule has 1 unspecified atom stereocenters. The molecule has 1 atom stereocenters. The van der Waals surface area contributed by atoms with Gasteiger partial charge in [-0.05, 0) is 40.0 Å². The molecular formula is C15H24N4O3. The number of aryl methyl sites for hydroxylation is 2. The molecule has 0 radical (unpaired) electrons. The van der Waals surface area contributed by atoms with Crippen LogP contribution in [0.4, 0.5) is 0 Å². The monoisotopic (exact) mass is 308 g/mol. The number of aromatic nitrogens is 4. The van der Waals surface area contributed by atoms with Gasteiger partial charge in [-0.15, -0.1) is 0 Å². The molecule has 0 aliphatic heterocycles. The van der Waals surface area contributed by atoms with E-state index in [1.165, 1.54) is 9.13 Å². The van der Waals surface area contributed by atoms with Crippen LogP contribution in [0.5, 0.6) is 0 Å². The Kier molecular flexibility index (Phi) is 5.18. The number of hydrogen-bond donors (Lipinski definition) is 1. The summed E-state index contributed by atoms with van der Waals surface area (Å²) in [5.41, 5.74) is 0.360. The minimum Gasteiger partial charge on any atom is -0.393 e. The number of hydrogen-bond acceptors (Lipinski definition) is 4. The summed E-state index contributed by atoms with van der Waals surface area (Å²) in [6.45, 7) is 7.03. The van der Waals surface area contributed by atoms with Crippen LogP contribution in [0.3, 0.4) is 0 Å². The molecule has 0 aliphatic carbocycles. The number of unbranched alkanes of at least 4 members (excludes halogenated alkanes) is 1. The number of nitrogens with zero attached hydrogens (tertiary/aromatic N) is 4. The molecule has 0 spiro atoms. The Hall–Kier alpha value is -1.89. The molecule has 7 nitrogen and oxygen atoms in total. The van der Waals surface area contributed by atoms with Gasteiger partial charge in [0.05, 0.1) is 12.4 Å². The third-order valence-electron chi connectivity index (χ3n) is 3.89. The van der Waals surface area contributed by atoms with Crippen LogP contribution in [-0.4, -0.2) is 29.9 Å². The van der Waals surface area contributed by atoms with Crippen LogP contribution >= 0.6 is 0 Å². The number of aliphatic hydroxyl groups excluding tert-OH is 1. The maximum atomic E-state index is 12.6. The van der Waals surface area contributed by atoms with Gasteiger partial charge in [-0.25, -0.2) is 9.78 Å². The Bertz CT molecular complexity index is 754. The van der Waals surface area contributed by atoms with Crippen molar-refractivity contribution < 1.29 is 5.11 Å². The Labute approximate surface area is 128 Å². The van der Waals surface area contributed by atoms with Gasteiger partial charge < -0.3 is 9.67 Å². The van der Waals surface area contributed by atoms with Crippen molar-refractivity contribution in [3.8, 4) is 0 Å². The molecule has 0 saturated heterocycles. The van der Waals surface area contributed by atoms with E-state index >= 15 is 0 Å². The van der Waals surface area contributed by atoms with Gasteiger partial charge in [0.2, 0.25) is 0 Å². The van der Waals surface area contributed by atoms with E-state index in [0.717, 1.165) is 6.42 Å². The maximum Gasteiger partial charge on any atom is 0.332 e. The van der Waals surface area contributed by atoms with Crippen molar-refractivity contribution in [2.45, 2.75) is 65.8 Å². The van der Waals surface area contributed by atoms with Gasteiger partial charge >= 0.3 is 5.69 Å². The predicted molar refractivity (Wildman–Crippen MR) is 85.1 cm³/mol. The van der Waals surface area contributed by atoms with Gasteiger partial charge in [0.1, 0.15) is 0 Å². The molecule has 0 fully saturated rings. The molecule has 2 aromatic rings. The first-order valence-corrected chi connectivity index (χ1v) is 7.87. The van der Waals surface area contributed by atoms with Gasteiger partial charge in [0.15, 0.2) is 11.2 Å². The average Bonchev–Trinajstić information content (AvgIpc) is 2.90. The molecule has 2 aromatic heterocycles. The lowest BCUT2D eigenvalue weighted by molar-refractivity contribution is 0.180. The summed E-state index contributed by atoms with van der Waals surface area (Å²) >= 11 is 0. The van der Waals surface area contributed by atoms with Crippen LogP contribution in [0.25, 0.3) is 11.2 Å². The Balaban J connectivity index is 2.45. The first-order valence-electron chi connectivity index (χ1n) is 7.87. The number of aliphatic hydroxyl groups is 1. The topological polar surface area (TPSA) is 82.1 Å². The molecule has 1 N–H and O–H groups in total. The highest BCUT2D eigenvalue weighted by atomic mass is 16.3. The van der Waals surface area contributed by atoms with Crippen molar-refractivity contribution in [2.75, 3.05) is 0 Å². The van der Waals surface area contributed by atoms with E-state index in [-0.39, 0.29) is 17.4 Å². The van der Waals surface area contributed by atoms with Crippen LogP contribution in [0.2, 0.25) is 0 Å². The van der Waals surface area contributed by atoms with Crippen LogP contribution in [0.15, 0.2) is 15.9 Å². The predicted octanol–water partition coefficient (Wildman–Crippen LogP) is 0.951. The van der Waals surface area contributed by atoms with E-state index in [0.29, 0.717) is 43.6 Å². The van der Waals surface area contributed by atoms with Crippen LogP contribution in [0.1, 0.15) is 40.0 Å². The van der Waals surface area contributed by atoms with Crippen molar-refractivity contribution in [3.05, 3.63) is 27.2 Å². The lowest BCUT2D eigenvalue weighted by Crippen LogP contribution is -2.40. The largest absolute Gasteiger partial charge is 0.393 e. The lowest BCUT2D eigenvalue weighted by atomic mass is 10.2. The maximum absolute atomic E-state index is 12.6. The quantitative estimate of drug-likeness (QED) is 0.772. The SMILES string of the molecule is CCn1cnc2c1c(=O)n(CCCCC(C)O)c(=O)n2CC. The molecule has 0 saturated carbocycles. The molecule has 0 aliphatic rings. The normalized spacial score (nSPS) is 12.9. The standard InChI is InChI=1S/C15H24N4O3/c1-4-17-10-16-13-12(17)14(21)19(15(22)18(13)5-2)9-7-6-8-11(3)20/h10-11,20H,4-9H2,1-3H3. The molecule has 2 rings (SSSR count). The van der Waals surface area contributed by atoms with E-state index in [1.54, 1.807) is 17.8 Å². The number of imidazole rings is 1. The van der Waals surface area contributed by atoms with E-state index in [1.807, 2.05) is 13.8 Å². The molecule has 0 aromatic carbocycles. The number of fused-ring (bicyclic) bond motifs is 1. The van der Waals surface area contributed by atoms with Crippen molar-refractivity contribution in [1.82, 2.24) is 18.7 Å². The van der Waals surface area contributed by atoms with Gasteiger partial charge in [0.25, 0.3) is 5.56 Å². The highest BCUT2D eigenvalue weighted by molar-refractivity contribution is 5.70. The van der Waals surface area contributed by atoms with Gasteiger partial charge in [-0.1, -0.05) is 0 Å². The smallest absolute Gasteiger partial charge is 0.332 e. The zero-order valence-corrected chi connectivity index (χ0v) is 13.4. The van der Waals surface area contributed by atoms with Crippen LogP contribution in [0, 0.1) is 0 Å². The van der Waals surface area contributed by atoms with Crippen LogP contribution < -0.4 is 11.2 Å². The van der Waals surface area contributed by atoms with E-state index < -0.39 is 0 Å². The minimum absolute atomic E-state index is 0.277. The second-order valence-electron chi connectivity index (χ2n) is 5.53. The second-order valence-corrected chi connectivity index (χ2v) is 5.53. The zero-order chi connectivity index (χ0) is 16.3. The zero-order valence-electron chi connectivity index (χ0n) is 13.4. The molecule has 7 heteroatoms. The first-order chi connectivity index (χ1) is 10.5. The van der Waals surface area contributed by atoms with Crippen molar-refractivity contribution in [3.63, 3.8) is 0 Å². The lowest BCUT2D eigenvalue weighted by Gasteiger charge is -2.11. The Morgan fingerprint density at radius 3 is 2.50 bits per heavy atom. The van der Waals surface area contributed by atoms with Gasteiger partial charge in [0, 0.05) is 19.6 Å².